The highest BCUT2D eigenvalue weighted by Crippen LogP contribution is 2.14. The molecule has 0 atom stereocenters. The van der Waals surface area contributed by atoms with Gasteiger partial charge in [-0.05, 0) is 12.0 Å². The molecule has 0 radical (unpaired) electrons. The molecular weight excluding hydrogens is 200 g/mol. The van der Waals surface area contributed by atoms with Crippen LogP contribution in [0.4, 0.5) is 0 Å². The van der Waals surface area contributed by atoms with Gasteiger partial charge in [0.2, 0.25) is 0 Å². The van der Waals surface area contributed by atoms with Gasteiger partial charge in [0.1, 0.15) is 5.82 Å². The highest BCUT2D eigenvalue weighted by molar-refractivity contribution is 6.16. The first-order valence-electron chi connectivity index (χ1n) is 4.59. The molecule has 1 aromatic heterocycles. The second-order valence-corrected chi connectivity index (χ2v) is 3.69. The largest absolute Gasteiger partial charge is 0.378 e. The molecule has 78 valence electrons. The van der Waals surface area contributed by atoms with Crippen LogP contribution in [-0.4, -0.2) is 17.1 Å². The maximum absolute atomic E-state index is 5.71. The Balaban J connectivity index is 3.00. The molecule has 0 aliphatic rings. The van der Waals surface area contributed by atoms with E-state index in [1.165, 1.54) is 0 Å². The summed E-state index contributed by atoms with van der Waals surface area (Å²) in [7, 11) is 1.65. The van der Waals surface area contributed by atoms with Gasteiger partial charge in [0.15, 0.2) is 0 Å². The van der Waals surface area contributed by atoms with E-state index in [-0.39, 0.29) is 0 Å². The summed E-state index contributed by atoms with van der Waals surface area (Å²) in [6, 6.07) is 1.96. The van der Waals surface area contributed by atoms with Crippen LogP contribution in [0.15, 0.2) is 6.07 Å². The quantitative estimate of drug-likeness (QED) is 0.723. The number of ether oxygens (including phenoxy) is 1. The van der Waals surface area contributed by atoms with Crippen LogP contribution in [0.5, 0.6) is 0 Å². The number of methoxy groups -OCH3 is 1. The highest BCUT2D eigenvalue weighted by Gasteiger charge is 2.06. The molecule has 0 aliphatic heterocycles. The van der Waals surface area contributed by atoms with Gasteiger partial charge in [-0.1, -0.05) is 13.8 Å². The Kier molecular flexibility index (Phi) is 4.29. The molecular formula is C10H15ClN2O. The third-order valence-electron chi connectivity index (χ3n) is 1.85. The summed E-state index contributed by atoms with van der Waals surface area (Å²) in [5.41, 5.74) is 1.91. The first kappa shape index (κ1) is 11.4. The molecule has 0 saturated carbocycles. The van der Waals surface area contributed by atoms with E-state index in [2.05, 4.69) is 23.8 Å². The summed E-state index contributed by atoms with van der Waals surface area (Å²) in [5, 5.41) is 0. The van der Waals surface area contributed by atoms with Crippen LogP contribution in [0, 0.1) is 0 Å². The number of alkyl halides is 1. The van der Waals surface area contributed by atoms with Gasteiger partial charge in [0, 0.05) is 12.8 Å². The second-order valence-electron chi connectivity index (χ2n) is 3.42. The minimum atomic E-state index is 0.345. The number of rotatable bonds is 4. The van der Waals surface area contributed by atoms with Crippen LogP contribution in [0.2, 0.25) is 0 Å². The van der Waals surface area contributed by atoms with Gasteiger partial charge in [0.25, 0.3) is 0 Å². The van der Waals surface area contributed by atoms with Gasteiger partial charge >= 0.3 is 0 Å². The predicted molar refractivity (Wildman–Crippen MR) is 56.4 cm³/mol. The highest BCUT2D eigenvalue weighted by atomic mass is 35.5. The summed E-state index contributed by atoms with van der Waals surface area (Å²) < 4.78 is 5.03. The first-order valence-corrected chi connectivity index (χ1v) is 5.12. The zero-order valence-corrected chi connectivity index (χ0v) is 9.51. The third kappa shape index (κ3) is 2.93. The zero-order chi connectivity index (χ0) is 10.6. The van der Waals surface area contributed by atoms with Gasteiger partial charge in [-0.15, -0.1) is 11.6 Å². The van der Waals surface area contributed by atoms with E-state index in [1.807, 2.05) is 6.07 Å². The van der Waals surface area contributed by atoms with Crippen LogP contribution in [0.25, 0.3) is 0 Å². The summed E-state index contributed by atoms with van der Waals surface area (Å²) in [6.45, 7) is 4.69. The van der Waals surface area contributed by atoms with E-state index < -0.39 is 0 Å². The number of hydrogen-bond donors (Lipinski definition) is 0. The normalized spacial score (nSPS) is 10.9. The fourth-order valence-corrected chi connectivity index (χ4v) is 1.27. The number of nitrogens with zero attached hydrogens (tertiary/aromatic N) is 2. The molecule has 0 aliphatic carbocycles. The lowest BCUT2D eigenvalue weighted by Gasteiger charge is -2.08. The van der Waals surface area contributed by atoms with Crippen LogP contribution < -0.4 is 0 Å². The molecule has 0 aromatic carbocycles. The number of aromatic nitrogens is 2. The molecule has 0 spiro atoms. The Morgan fingerprint density at radius 2 is 2.14 bits per heavy atom. The van der Waals surface area contributed by atoms with Crippen molar-refractivity contribution in [3.8, 4) is 0 Å². The molecule has 3 nitrogen and oxygen atoms in total. The van der Waals surface area contributed by atoms with Crippen molar-refractivity contribution in [2.45, 2.75) is 32.3 Å². The van der Waals surface area contributed by atoms with E-state index in [4.69, 9.17) is 16.3 Å². The lowest BCUT2D eigenvalue weighted by Crippen LogP contribution is -2.04. The SMILES string of the molecule is COCc1cc(C(C)C)nc(CCl)n1. The van der Waals surface area contributed by atoms with Crippen molar-refractivity contribution in [2.24, 2.45) is 0 Å². The summed E-state index contributed by atoms with van der Waals surface area (Å²) in [4.78, 5) is 8.59. The Hall–Kier alpha value is -0.670. The minimum absolute atomic E-state index is 0.345. The average molecular weight is 215 g/mol. The van der Waals surface area contributed by atoms with Gasteiger partial charge in [-0.2, -0.15) is 0 Å². The lowest BCUT2D eigenvalue weighted by atomic mass is 10.1. The summed E-state index contributed by atoms with van der Waals surface area (Å²) in [5.74, 6) is 1.40. The first-order chi connectivity index (χ1) is 6.67. The molecule has 1 aromatic rings. The molecule has 0 amide bonds. The smallest absolute Gasteiger partial charge is 0.143 e. The van der Waals surface area contributed by atoms with Crippen molar-refractivity contribution >= 4 is 11.6 Å². The summed E-state index contributed by atoms with van der Waals surface area (Å²) in [6.07, 6.45) is 0. The van der Waals surface area contributed by atoms with E-state index in [0.717, 1.165) is 11.4 Å². The molecule has 0 bridgehead atoms. The fourth-order valence-electron chi connectivity index (χ4n) is 1.15. The van der Waals surface area contributed by atoms with Crippen molar-refractivity contribution in [2.75, 3.05) is 7.11 Å². The topological polar surface area (TPSA) is 35.0 Å². The second kappa shape index (κ2) is 5.27. The average Bonchev–Trinajstić information content (AvgIpc) is 2.17. The Labute approximate surface area is 89.5 Å². The van der Waals surface area contributed by atoms with E-state index in [9.17, 15) is 0 Å². The molecule has 0 N–H and O–H groups in total. The standard InChI is InChI=1S/C10H15ClN2O/c1-7(2)9-4-8(6-14-3)12-10(5-11)13-9/h4,7H,5-6H2,1-3H3. The van der Waals surface area contributed by atoms with Crippen molar-refractivity contribution < 1.29 is 4.74 Å². The monoisotopic (exact) mass is 214 g/mol. The van der Waals surface area contributed by atoms with E-state index >= 15 is 0 Å². The minimum Gasteiger partial charge on any atom is -0.378 e. The molecule has 0 saturated heterocycles. The van der Waals surface area contributed by atoms with Crippen molar-refractivity contribution in [3.63, 3.8) is 0 Å². The third-order valence-corrected chi connectivity index (χ3v) is 2.09. The van der Waals surface area contributed by atoms with Gasteiger partial charge in [0.05, 0.1) is 18.2 Å². The van der Waals surface area contributed by atoms with Crippen LogP contribution in [0.1, 0.15) is 37.0 Å². The summed E-state index contributed by atoms with van der Waals surface area (Å²) >= 11 is 5.71. The lowest BCUT2D eigenvalue weighted by molar-refractivity contribution is 0.181. The van der Waals surface area contributed by atoms with Crippen LogP contribution in [0.3, 0.4) is 0 Å². The molecule has 14 heavy (non-hydrogen) atoms. The van der Waals surface area contributed by atoms with Crippen molar-refractivity contribution in [1.29, 1.82) is 0 Å². The molecule has 1 rings (SSSR count). The maximum atomic E-state index is 5.71. The predicted octanol–water partition coefficient (Wildman–Crippen LogP) is 2.49. The van der Waals surface area contributed by atoms with Gasteiger partial charge < -0.3 is 4.74 Å². The van der Waals surface area contributed by atoms with Gasteiger partial charge in [-0.3, -0.25) is 0 Å². The van der Waals surface area contributed by atoms with Crippen LogP contribution >= 0.6 is 11.6 Å². The Bertz CT molecular complexity index is 302. The van der Waals surface area contributed by atoms with Crippen LogP contribution in [-0.2, 0) is 17.2 Å². The van der Waals surface area contributed by atoms with E-state index in [1.54, 1.807) is 7.11 Å². The van der Waals surface area contributed by atoms with Gasteiger partial charge in [-0.25, -0.2) is 9.97 Å². The number of halogens is 1. The molecule has 1 heterocycles. The van der Waals surface area contributed by atoms with Crippen molar-refractivity contribution in [1.82, 2.24) is 9.97 Å². The van der Waals surface area contributed by atoms with E-state index in [0.29, 0.717) is 24.2 Å². The Morgan fingerprint density at radius 3 is 2.64 bits per heavy atom. The number of hydrogen-bond acceptors (Lipinski definition) is 3. The molecule has 0 unspecified atom stereocenters. The fraction of sp³-hybridized carbons (Fsp3) is 0.600. The Morgan fingerprint density at radius 1 is 1.43 bits per heavy atom. The van der Waals surface area contributed by atoms with Crippen molar-refractivity contribution in [3.05, 3.63) is 23.3 Å². The molecule has 4 heteroatoms. The maximum Gasteiger partial charge on any atom is 0.143 e. The molecule has 0 fully saturated rings. The zero-order valence-electron chi connectivity index (χ0n) is 8.75.